The minimum Gasteiger partial charge on any atom is -0.383 e. The standard InChI is InChI=1S/C10H13ClN4O3/c1-18-3-2-12-9(16)6-15-10(17)7-4-14-8(11)5-13-7/h4-5H,2-3,6H2,1H3,(H,12,16)(H,15,17). The highest BCUT2D eigenvalue weighted by Gasteiger charge is 2.09. The van der Waals surface area contributed by atoms with Crippen LogP contribution >= 0.6 is 11.6 Å². The van der Waals surface area contributed by atoms with Crippen LogP contribution in [0.1, 0.15) is 10.5 Å². The van der Waals surface area contributed by atoms with E-state index < -0.39 is 5.91 Å². The summed E-state index contributed by atoms with van der Waals surface area (Å²) >= 11 is 5.53. The van der Waals surface area contributed by atoms with E-state index in [4.69, 9.17) is 16.3 Å². The number of amides is 2. The first-order chi connectivity index (χ1) is 8.63. The van der Waals surface area contributed by atoms with Crippen molar-refractivity contribution in [3.05, 3.63) is 23.2 Å². The molecule has 0 unspecified atom stereocenters. The van der Waals surface area contributed by atoms with Gasteiger partial charge in [-0.2, -0.15) is 0 Å². The monoisotopic (exact) mass is 272 g/mol. The van der Waals surface area contributed by atoms with Crippen molar-refractivity contribution >= 4 is 23.4 Å². The third-order valence-electron chi connectivity index (χ3n) is 1.89. The maximum absolute atomic E-state index is 11.5. The van der Waals surface area contributed by atoms with Crippen LogP contribution < -0.4 is 10.6 Å². The van der Waals surface area contributed by atoms with Gasteiger partial charge in [0.15, 0.2) is 0 Å². The van der Waals surface area contributed by atoms with Gasteiger partial charge in [-0.1, -0.05) is 11.6 Å². The molecule has 0 radical (unpaired) electrons. The highest BCUT2D eigenvalue weighted by molar-refractivity contribution is 6.29. The minimum absolute atomic E-state index is 0.101. The molecule has 0 aliphatic rings. The molecule has 8 heteroatoms. The van der Waals surface area contributed by atoms with Crippen molar-refractivity contribution < 1.29 is 14.3 Å². The molecule has 1 rings (SSSR count). The van der Waals surface area contributed by atoms with E-state index in [1.807, 2.05) is 0 Å². The Bertz CT molecular complexity index is 410. The molecule has 1 heterocycles. The first-order valence-corrected chi connectivity index (χ1v) is 5.52. The number of halogens is 1. The number of ether oxygens (including phenoxy) is 1. The number of rotatable bonds is 6. The van der Waals surface area contributed by atoms with Gasteiger partial charge in [0, 0.05) is 13.7 Å². The maximum atomic E-state index is 11.5. The summed E-state index contributed by atoms with van der Waals surface area (Å²) in [7, 11) is 1.53. The summed E-state index contributed by atoms with van der Waals surface area (Å²) in [5.41, 5.74) is 0.101. The Balaban J connectivity index is 2.32. The molecule has 0 aliphatic carbocycles. The van der Waals surface area contributed by atoms with E-state index in [0.717, 1.165) is 0 Å². The van der Waals surface area contributed by atoms with Gasteiger partial charge in [0.1, 0.15) is 10.8 Å². The lowest BCUT2D eigenvalue weighted by Crippen LogP contribution is -2.38. The summed E-state index contributed by atoms with van der Waals surface area (Å²) in [6.07, 6.45) is 2.50. The van der Waals surface area contributed by atoms with Gasteiger partial charge < -0.3 is 15.4 Å². The smallest absolute Gasteiger partial charge is 0.271 e. The lowest BCUT2D eigenvalue weighted by atomic mass is 10.4. The van der Waals surface area contributed by atoms with Gasteiger partial charge in [-0.25, -0.2) is 9.97 Å². The average molecular weight is 273 g/mol. The zero-order valence-electron chi connectivity index (χ0n) is 9.77. The average Bonchev–Trinajstić information content (AvgIpc) is 2.37. The van der Waals surface area contributed by atoms with Crippen LogP contribution in [0.5, 0.6) is 0 Å². The van der Waals surface area contributed by atoms with E-state index in [1.165, 1.54) is 19.5 Å². The first-order valence-electron chi connectivity index (χ1n) is 5.15. The van der Waals surface area contributed by atoms with E-state index >= 15 is 0 Å². The van der Waals surface area contributed by atoms with Crippen LogP contribution in [0.3, 0.4) is 0 Å². The summed E-state index contributed by atoms with van der Waals surface area (Å²) in [5, 5.41) is 5.17. The molecule has 0 atom stereocenters. The minimum atomic E-state index is -0.485. The van der Waals surface area contributed by atoms with Crippen molar-refractivity contribution in [1.82, 2.24) is 20.6 Å². The topological polar surface area (TPSA) is 93.2 Å². The summed E-state index contributed by atoms with van der Waals surface area (Å²) < 4.78 is 4.77. The number of nitrogens with one attached hydrogen (secondary N) is 2. The third-order valence-corrected chi connectivity index (χ3v) is 2.09. The molecule has 0 aromatic carbocycles. The zero-order chi connectivity index (χ0) is 13.4. The third kappa shape index (κ3) is 5.07. The molecule has 1 aromatic rings. The quantitative estimate of drug-likeness (QED) is 0.689. The van der Waals surface area contributed by atoms with Gasteiger partial charge in [-0.3, -0.25) is 9.59 Å². The summed E-state index contributed by atoms with van der Waals surface area (Å²) in [6, 6.07) is 0. The molecular weight excluding hydrogens is 260 g/mol. The summed E-state index contributed by atoms with van der Waals surface area (Å²) in [6.45, 7) is 0.682. The molecule has 0 saturated carbocycles. The normalized spacial score (nSPS) is 9.89. The van der Waals surface area contributed by atoms with Gasteiger partial charge in [0.25, 0.3) is 5.91 Å². The number of hydrogen-bond acceptors (Lipinski definition) is 5. The fraction of sp³-hybridized carbons (Fsp3) is 0.400. The Hall–Kier alpha value is -1.73. The maximum Gasteiger partial charge on any atom is 0.271 e. The highest BCUT2D eigenvalue weighted by atomic mass is 35.5. The molecule has 1 aromatic heterocycles. The van der Waals surface area contributed by atoms with Crippen molar-refractivity contribution in [2.45, 2.75) is 0 Å². The fourth-order valence-electron chi connectivity index (χ4n) is 1.04. The number of carbonyl (C=O) groups excluding carboxylic acids is 2. The van der Waals surface area contributed by atoms with Crippen molar-refractivity contribution in [2.24, 2.45) is 0 Å². The second-order valence-corrected chi connectivity index (χ2v) is 3.64. The molecule has 0 aliphatic heterocycles. The van der Waals surface area contributed by atoms with E-state index in [0.29, 0.717) is 13.2 Å². The van der Waals surface area contributed by atoms with Crippen molar-refractivity contribution in [3.63, 3.8) is 0 Å². The van der Waals surface area contributed by atoms with Crippen LogP contribution in [-0.2, 0) is 9.53 Å². The van der Waals surface area contributed by atoms with Crippen LogP contribution in [0.15, 0.2) is 12.4 Å². The molecule has 0 fully saturated rings. The number of aromatic nitrogens is 2. The molecule has 2 amide bonds. The van der Waals surface area contributed by atoms with Gasteiger partial charge in [0.2, 0.25) is 5.91 Å². The lowest BCUT2D eigenvalue weighted by molar-refractivity contribution is -0.120. The molecule has 0 bridgehead atoms. The van der Waals surface area contributed by atoms with E-state index in [2.05, 4.69) is 20.6 Å². The highest BCUT2D eigenvalue weighted by Crippen LogP contribution is 2.00. The van der Waals surface area contributed by atoms with Crippen LogP contribution in [0.25, 0.3) is 0 Å². The van der Waals surface area contributed by atoms with E-state index in [-0.39, 0.29) is 23.3 Å². The van der Waals surface area contributed by atoms with E-state index in [1.54, 1.807) is 0 Å². The Labute approximate surface area is 109 Å². The molecule has 0 saturated heterocycles. The van der Waals surface area contributed by atoms with Gasteiger partial charge in [-0.15, -0.1) is 0 Å². The SMILES string of the molecule is COCCNC(=O)CNC(=O)c1cnc(Cl)cn1. The Morgan fingerprint density at radius 2 is 2.11 bits per heavy atom. The number of methoxy groups -OCH3 is 1. The zero-order valence-corrected chi connectivity index (χ0v) is 10.5. The predicted octanol–water partition coefficient (Wildman–Crippen LogP) is -0.378. The Morgan fingerprint density at radius 3 is 2.72 bits per heavy atom. The van der Waals surface area contributed by atoms with E-state index in [9.17, 15) is 9.59 Å². The molecule has 0 spiro atoms. The van der Waals surface area contributed by atoms with Gasteiger partial charge in [-0.05, 0) is 0 Å². The predicted molar refractivity (Wildman–Crippen MR) is 64.3 cm³/mol. The molecule has 98 valence electrons. The Morgan fingerprint density at radius 1 is 1.33 bits per heavy atom. The number of carbonyl (C=O) groups is 2. The second kappa shape index (κ2) is 7.57. The molecule has 18 heavy (non-hydrogen) atoms. The largest absolute Gasteiger partial charge is 0.383 e. The first kappa shape index (κ1) is 14.3. The summed E-state index contributed by atoms with van der Waals surface area (Å²) in [5.74, 6) is -0.789. The molecule has 2 N–H and O–H groups in total. The Kier molecular flexibility index (Phi) is 6.03. The summed E-state index contributed by atoms with van der Waals surface area (Å²) in [4.78, 5) is 30.3. The van der Waals surface area contributed by atoms with Crippen molar-refractivity contribution in [2.75, 3.05) is 26.8 Å². The number of hydrogen-bond donors (Lipinski definition) is 2. The van der Waals surface area contributed by atoms with Crippen LogP contribution in [-0.4, -0.2) is 48.6 Å². The van der Waals surface area contributed by atoms with Crippen LogP contribution in [0, 0.1) is 0 Å². The molecule has 7 nitrogen and oxygen atoms in total. The fourth-order valence-corrected chi connectivity index (χ4v) is 1.13. The van der Waals surface area contributed by atoms with Crippen molar-refractivity contribution in [3.8, 4) is 0 Å². The van der Waals surface area contributed by atoms with Crippen LogP contribution in [0.4, 0.5) is 0 Å². The van der Waals surface area contributed by atoms with Crippen LogP contribution in [0.2, 0.25) is 5.15 Å². The van der Waals surface area contributed by atoms with Crippen molar-refractivity contribution in [1.29, 1.82) is 0 Å². The second-order valence-electron chi connectivity index (χ2n) is 3.25. The lowest BCUT2D eigenvalue weighted by Gasteiger charge is -2.05. The number of nitrogens with zero attached hydrogens (tertiary/aromatic N) is 2. The van der Waals surface area contributed by atoms with Gasteiger partial charge in [0.05, 0.1) is 25.5 Å². The van der Waals surface area contributed by atoms with Gasteiger partial charge >= 0.3 is 0 Å². The molecular formula is C10H13ClN4O3.